The minimum absolute atomic E-state index is 0.279. The van der Waals surface area contributed by atoms with Gasteiger partial charge in [0.2, 0.25) is 0 Å². The molecule has 0 aromatic rings. The van der Waals surface area contributed by atoms with Gasteiger partial charge in [0.05, 0.1) is 11.9 Å². The van der Waals surface area contributed by atoms with Gasteiger partial charge in [0.25, 0.3) is 0 Å². The van der Waals surface area contributed by atoms with Crippen molar-refractivity contribution in [3.05, 3.63) is 12.3 Å². The van der Waals surface area contributed by atoms with E-state index in [9.17, 15) is 0 Å². The van der Waals surface area contributed by atoms with Crippen LogP contribution in [-0.4, -0.2) is 5.71 Å². The van der Waals surface area contributed by atoms with E-state index >= 15 is 0 Å². The molecule has 0 atom stereocenters. The average Bonchev–Trinajstić information content (AvgIpc) is 2.84. The van der Waals surface area contributed by atoms with Gasteiger partial charge in [-0.15, -0.1) is 0 Å². The Balaban J connectivity index is 1.98. The summed E-state index contributed by atoms with van der Waals surface area (Å²) in [4.78, 5) is 0. The van der Waals surface area contributed by atoms with Gasteiger partial charge in [-0.1, -0.05) is 58.3 Å². The number of allylic oxidation sites excluding steroid dienone is 1. The van der Waals surface area contributed by atoms with E-state index in [1.807, 2.05) is 6.20 Å². The second-order valence-corrected chi connectivity index (χ2v) is 5.81. The minimum Gasteiger partial charge on any atom is -0.159 e. The van der Waals surface area contributed by atoms with Gasteiger partial charge >= 0.3 is 0 Å². The van der Waals surface area contributed by atoms with E-state index in [-0.39, 0.29) is 5.41 Å². The van der Waals surface area contributed by atoms with Crippen molar-refractivity contribution in [2.45, 2.75) is 71.1 Å². The monoisotopic (exact) mass is 233 g/mol. The third-order valence-corrected chi connectivity index (χ3v) is 4.29. The summed E-state index contributed by atoms with van der Waals surface area (Å²) in [5.74, 6) is 0. The van der Waals surface area contributed by atoms with Gasteiger partial charge in [-0.25, -0.2) is 0 Å². The maximum absolute atomic E-state index is 4.31. The van der Waals surface area contributed by atoms with Gasteiger partial charge in [0.15, 0.2) is 0 Å². The van der Waals surface area contributed by atoms with E-state index in [0.29, 0.717) is 0 Å². The Morgan fingerprint density at radius 3 is 1.88 bits per heavy atom. The van der Waals surface area contributed by atoms with Crippen LogP contribution in [0.15, 0.2) is 17.4 Å². The lowest BCUT2D eigenvalue weighted by molar-refractivity contribution is 0.364. The van der Waals surface area contributed by atoms with Crippen LogP contribution in [0.25, 0.3) is 0 Å². The number of hydrogen-bond acceptors (Lipinski definition) is 1. The average molecular weight is 233 g/mol. The fourth-order valence-corrected chi connectivity index (χ4v) is 3.03. The molecule has 2 nitrogen and oxygen atoms in total. The summed E-state index contributed by atoms with van der Waals surface area (Å²) >= 11 is 0. The Bertz CT molecular complexity index is 279. The Morgan fingerprint density at radius 1 is 0.882 bits per heavy atom. The smallest absolute Gasteiger partial charge is 0.0705 e. The summed E-state index contributed by atoms with van der Waals surface area (Å²) in [6.45, 7) is 2.38. The van der Waals surface area contributed by atoms with Gasteiger partial charge in [-0.2, -0.15) is 10.5 Å². The Hall–Kier alpha value is -0.790. The quantitative estimate of drug-likeness (QED) is 0.642. The summed E-state index contributed by atoms with van der Waals surface area (Å²) in [5.41, 5.74) is 5.50. The van der Waals surface area contributed by atoms with Gasteiger partial charge < -0.3 is 0 Å². The fourth-order valence-electron chi connectivity index (χ4n) is 3.03. The number of nitrogens with zero attached hydrogens (tertiary/aromatic N) is 2. The van der Waals surface area contributed by atoms with Crippen molar-refractivity contribution in [1.82, 2.24) is 5.43 Å². The molecule has 1 radical (unpaired) electrons. The molecule has 0 spiro atoms. The first-order valence-corrected chi connectivity index (χ1v) is 7.26. The molecule has 1 aliphatic carbocycles. The lowest BCUT2D eigenvalue weighted by atomic mass is 9.76. The van der Waals surface area contributed by atoms with Gasteiger partial charge in [-0.3, -0.25) is 0 Å². The summed E-state index contributed by atoms with van der Waals surface area (Å²) in [6, 6.07) is 0. The van der Waals surface area contributed by atoms with Crippen LogP contribution in [0.4, 0.5) is 0 Å². The van der Waals surface area contributed by atoms with Crippen molar-refractivity contribution in [2.24, 2.45) is 10.5 Å². The van der Waals surface area contributed by atoms with Gasteiger partial charge in [0.1, 0.15) is 0 Å². The molecule has 0 aromatic heterocycles. The molecule has 1 saturated carbocycles. The lowest BCUT2D eigenvalue weighted by Crippen LogP contribution is -2.26. The molecule has 95 valence electrons. The molecule has 17 heavy (non-hydrogen) atoms. The Labute approximate surface area is 106 Å². The maximum atomic E-state index is 4.31. The molecular weight excluding hydrogens is 208 g/mol. The first-order chi connectivity index (χ1) is 8.31. The van der Waals surface area contributed by atoms with E-state index in [2.05, 4.69) is 23.5 Å². The molecule has 2 rings (SSSR count). The van der Waals surface area contributed by atoms with Crippen molar-refractivity contribution >= 4 is 5.71 Å². The molecule has 0 unspecified atom stereocenters. The summed E-state index contributed by atoms with van der Waals surface area (Å²) in [7, 11) is 0. The van der Waals surface area contributed by atoms with Gasteiger partial charge in [-0.05, 0) is 18.9 Å². The Morgan fingerprint density at radius 2 is 1.41 bits per heavy atom. The molecule has 0 N–H and O–H groups in total. The molecular formula is C15H25N2. The zero-order valence-electron chi connectivity index (χ0n) is 11.1. The van der Waals surface area contributed by atoms with E-state index in [1.54, 1.807) is 0 Å². The second-order valence-electron chi connectivity index (χ2n) is 5.81. The molecule has 0 saturated heterocycles. The molecule has 1 heterocycles. The van der Waals surface area contributed by atoms with Crippen LogP contribution in [-0.2, 0) is 0 Å². The summed E-state index contributed by atoms with van der Waals surface area (Å²) in [6.07, 6.45) is 17.7. The summed E-state index contributed by atoms with van der Waals surface area (Å²) in [5, 5.41) is 4.31. The van der Waals surface area contributed by atoms with E-state index in [1.165, 1.54) is 69.9 Å². The standard InChI is InChI=1S/C15H25N2/c1-15(14-10-13-16-17-14)11-8-6-4-2-3-5-7-9-12-15/h10,13H,2-9,11-12H2,1H3. The zero-order chi connectivity index (χ0) is 12.0. The van der Waals surface area contributed by atoms with E-state index in [0.717, 1.165) is 0 Å². The third-order valence-electron chi connectivity index (χ3n) is 4.29. The zero-order valence-corrected chi connectivity index (χ0v) is 11.1. The molecule has 0 amide bonds. The minimum atomic E-state index is 0.279. The molecule has 1 aliphatic heterocycles. The summed E-state index contributed by atoms with van der Waals surface area (Å²) < 4.78 is 0. The molecule has 2 aliphatic rings. The highest BCUT2D eigenvalue weighted by Crippen LogP contribution is 2.35. The molecule has 2 heteroatoms. The maximum Gasteiger partial charge on any atom is 0.0705 e. The largest absolute Gasteiger partial charge is 0.159 e. The highest BCUT2D eigenvalue weighted by Gasteiger charge is 2.30. The van der Waals surface area contributed by atoms with Crippen LogP contribution in [0, 0.1) is 5.41 Å². The topological polar surface area (TPSA) is 26.5 Å². The van der Waals surface area contributed by atoms with E-state index in [4.69, 9.17) is 0 Å². The van der Waals surface area contributed by atoms with Crippen LogP contribution < -0.4 is 5.43 Å². The van der Waals surface area contributed by atoms with Crippen molar-refractivity contribution in [1.29, 1.82) is 0 Å². The predicted octanol–water partition coefficient (Wildman–Crippen LogP) is 4.40. The first-order valence-electron chi connectivity index (χ1n) is 7.26. The van der Waals surface area contributed by atoms with Crippen molar-refractivity contribution < 1.29 is 0 Å². The Kier molecular flexibility index (Phi) is 4.64. The number of rotatable bonds is 1. The van der Waals surface area contributed by atoms with Crippen molar-refractivity contribution in [2.75, 3.05) is 0 Å². The van der Waals surface area contributed by atoms with Crippen LogP contribution in [0.5, 0.6) is 0 Å². The molecule has 0 bridgehead atoms. The predicted molar refractivity (Wildman–Crippen MR) is 73.0 cm³/mol. The lowest BCUT2D eigenvalue weighted by Gasteiger charge is -2.28. The third kappa shape index (κ3) is 3.58. The second kappa shape index (κ2) is 6.23. The fraction of sp³-hybridized carbons (Fsp3) is 0.800. The number of hydrogen-bond donors (Lipinski definition) is 0. The first kappa shape index (κ1) is 12.7. The van der Waals surface area contributed by atoms with Crippen LogP contribution in [0.3, 0.4) is 0 Å². The molecule has 0 aromatic carbocycles. The van der Waals surface area contributed by atoms with Crippen LogP contribution in [0.1, 0.15) is 71.1 Å². The van der Waals surface area contributed by atoms with Crippen LogP contribution in [0.2, 0.25) is 0 Å². The van der Waals surface area contributed by atoms with Crippen molar-refractivity contribution in [3.8, 4) is 0 Å². The highest BCUT2D eigenvalue weighted by molar-refractivity contribution is 6.00. The highest BCUT2D eigenvalue weighted by atomic mass is 15.3. The van der Waals surface area contributed by atoms with E-state index < -0.39 is 0 Å². The SMILES string of the molecule is CC1(C2=N[N]C=C2)CCCCCCCCCC1. The van der Waals surface area contributed by atoms with Crippen LogP contribution >= 0.6 is 0 Å². The normalized spacial score (nSPS) is 25.8. The van der Waals surface area contributed by atoms with Gasteiger partial charge in [0, 0.05) is 5.41 Å². The van der Waals surface area contributed by atoms with Crippen molar-refractivity contribution in [3.63, 3.8) is 0 Å². The molecule has 1 fully saturated rings.